The number of nitrogens with zero attached hydrogens (tertiary/aromatic N) is 1. The standard InChI is InChI=1S/C20H15FN2O4S2/c21-29(26,27)17-10-4-8-14-18(15(12-23(24)25)16-9-5-11-28-16)19(22-20(14)17)13-6-2-1-3-7-13/h1-11,15,22H,12H2. The molecule has 0 spiro atoms. The molecule has 1 N–H and O–H groups in total. The number of thiophene rings is 1. The lowest BCUT2D eigenvalue weighted by Gasteiger charge is -2.14. The first-order chi connectivity index (χ1) is 13.9. The fourth-order valence-electron chi connectivity index (χ4n) is 3.57. The lowest BCUT2D eigenvalue weighted by molar-refractivity contribution is -0.481. The molecule has 1 unspecified atom stereocenters. The molecule has 0 aliphatic rings. The predicted octanol–water partition coefficient (Wildman–Crippen LogP) is 4.96. The Morgan fingerprint density at radius 2 is 1.83 bits per heavy atom. The molecular formula is C20H15FN2O4S2. The summed E-state index contributed by atoms with van der Waals surface area (Å²) < 4.78 is 37.3. The van der Waals surface area contributed by atoms with Crippen molar-refractivity contribution in [2.24, 2.45) is 0 Å². The zero-order valence-corrected chi connectivity index (χ0v) is 16.5. The average molecular weight is 430 g/mol. The summed E-state index contributed by atoms with van der Waals surface area (Å²) in [5, 5.41) is 13.7. The topological polar surface area (TPSA) is 93.1 Å². The van der Waals surface area contributed by atoms with E-state index in [0.717, 1.165) is 10.4 Å². The van der Waals surface area contributed by atoms with Crippen LogP contribution in [-0.2, 0) is 10.2 Å². The van der Waals surface area contributed by atoms with Gasteiger partial charge in [0.25, 0.3) is 0 Å². The van der Waals surface area contributed by atoms with Crippen molar-refractivity contribution < 1.29 is 17.2 Å². The zero-order valence-electron chi connectivity index (χ0n) is 14.9. The van der Waals surface area contributed by atoms with Gasteiger partial charge in [-0.05, 0) is 23.1 Å². The summed E-state index contributed by atoms with van der Waals surface area (Å²) in [5.74, 6) is -0.619. The van der Waals surface area contributed by atoms with Crippen LogP contribution in [-0.4, -0.2) is 24.9 Å². The van der Waals surface area contributed by atoms with Crippen molar-refractivity contribution >= 4 is 32.5 Å². The first-order valence-electron chi connectivity index (χ1n) is 8.66. The summed E-state index contributed by atoms with van der Waals surface area (Å²) in [5.41, 5.74) is 1.95. The lowest BCUT2D eigenvalue weighted by atomic mass is 9.92. The fourth-order valence-corrected chi connectivity index (χ4v) is 5.05. The number of nitrogens with one attached hydrogen (secondary N) is 1. The highest BCUT2D eigenvalue weighted by Gasteiger charge is 2.30. The van der Waals surface area contributed by atoms with E-state index in [1.165, 1.54) is 23.5 Å². The molecule has 0 radical (unpaired) electrons. The normalized spacial score (nSPS) is 12.9. The third-order valence-corrected chi connectivity index (χ3v) is 6.58. The smallest absolute Gasteiger partial charge is 0.334 e. The van der Waals surface area contributed by atoms with Crippen LogP contribution in [0.1, 0.15) is 16.4 Å². The average Bonchev–Trinajstić information content (AvgIpc) is 3.33. The van der Waals surface area contributed by atoms with Gasteiger partial charge in [0.05, 0.1) is 17.1 Å². The number of fused-ring (bicyclic) bond motifs is 1. The molecule has 0 bridgehead atoms. The molecule has 2 aromatic heterocycles. The van der Waals surface area contributed by atoms with Gasteiger partial charge in [-0.25, -0.2) is 0 Å². The maximum absolute atomic E-state index is 13.9. The van der Waals surface area contributed by atoms with E-state index in [1.54, 1.807) is 12.1 Å². The number of para-hydroxylation sites is 1. The van der Waals surface area contributed by atoms with E-state index in [-0.39, 0.29) is 12.1 Å². The van der Waals surface area contributed by atoms with E-state index in [1.807, 2.05) is 41.8 Å². The first kappa shape index (κ1) is 19.3. The largest absolute Gasteiger partial charge is 0.353 e. The van der Waals surface area contributed by atoms with Crippen molar-refractivity contribution in [1.82, 2.24) is 4.98 Å². The maximum Gasteiger partial charge on any atom is 0.334 e. The maximum atomic E-state index is 13.9. The molecule has 0 amide bonds. The Bertz CT molecular complexity index is 1280. The van der Waals surface area contributed by atoms with E-state index in [9.17, 15) is 22.4 Å². The zero-order chi connectivity index (χ0) is 20.6. The predicted molar refractivity (Wildman–Crippen MR) is 110 cm³/mol. The van der Waals surface area contributed by atoms with Crippen molar-refractivity contribution in [2.45, 2.75) is 10.8 Å². The Morgan fingerprint density at radius 1 is 1.07 bits per heavy atom. The van der Waals surface area contributed by atoms with Crippen molar-refractivity contribution in [3.63, 3.8) is 0 Å². The van der Waals surface area contributed by atoms with Crippen LogP contribution < -0.4 is 0 Å². The second-order valence-electron chi connectivity index (χ2n) is 6.48. The van der Waals surface area contributed by atoms with Crippen molar-refractivity contribution in [2.75, 3.05) is 6.54 Å². The molecule has 1 atom stereocenters. The summed E-state index contributed by atoms with van der Waals surface area (Å²) >= 11 is 1.38. The Morgan fingerprint density at radius 3 is 2.45 bits per heavy atom. The molecule has 0 aliphatic carbocycles. The Labute approximate surface area is 170 Å². The van der Waals surface area contributed by atoms with Gasteiger partial charge in [0.1, 0.15) is 4.90 Å². The molecule has 0 saturated heterocycles. The minimum Gasteiger partial charge on any atom is -0.353 e. The molecule has 4 rings (SSSR count). The summed E-state index contributed by atoms with van der Waals surface area (Å²) in [6.45, 7) is -0.375. The van der Waals surface area contributed by atoms with Gasteiger partial charge in [0.15, 0.2) is 0 Å². The van der Waals surface area contributed by atoms with Gasteiger partial charge in [-0.1, -0.05) is 48.5 Å². The van der Waals surface area contributed by atoms with Gasteiger partial charge in [-0.3, -0.25) is 10.1 Å². The molecule has 6 nitrogen and oxygen atoms in total. The van der Waals surface area contributed by atoms with E-state index in [2.05, 4.69) is 4.98 Å². The van der Waals surface area contributed by atoms with E-state index >= 15 is 0 Å². The van der Waals surface area contributed by atoms with E-state index in [0.29, 0.717) is 16.6 Å². The molecule has 0 aliphatic heterocycles. The van der Waals surface area contributed by atoms with Crippen LogP contribution in [0, 0.1) is 10.1 Å². The number of aromatic amines is 1. The number of halogens is 1. The Hall–Kier alpha value is -3.04. The minimum atomic E-state index is -4.98. The van der Waals surface area contributed by atoms with Gasteiger partial charge in [-0.15, -0.1) is 15.2 Å². The summed E-state index contributed by atoms with van der Waals surface area (Å²) in [6, 6.07) is 17.0. The number of aromatic nitrogens is 1. The number of H-pyrrole nitrogens is 1. The number of nitro groups is 1. The van der Waals surface area contributed by atoms with E-state index < -0.39 is 26.0 Å². The molecule has 2 aromatic carbocycles. The van der Waals surface area contributed by atoms with Gasteiger partial charge in [0, 0.05) is 20.8 Å². The second-order valence-corrected chi connectivity index (χ2v) is 8.77. The molecule has 2 heterocycles. The number of hydrogen-bond donors (Lipinski definition) is 1. The summed E-state index contributed by atoms with van der Waals surface area (Å²) in [4.78, 5) is 14.4. The monoisotopic (exact) mass is 430 g/mol. The Balaban J connectivity index is 2.09. The molecular weight excluding hydrogens is 415 g/mol. The number of hydrogen-bond acceptors (Lipinski definition) is 5. The van der Waals surface area contributed by atoms with Crippen LogP contribution in [0.25, 0.3) is 22.2 Å². The quantitative estimate of drug-likeness (QED) is 0.266. The summed E-state index contributed by atoms with van der Waals surface area (Å²) in [6.07, 6.45) is 0. The molecule has 29 heavy (non-hydrogen) atoms. The number of benzene rings is 2. The molecule has 0 fully saturated rings. The molecule has 0 saturated carbocycles. The number of rotatable bonds is 6. The highest BCUT2D eigenvalue weighted by atomic mass is 32.3. The van der Waals surface area contributed by atoms with E-state index in [4.69, 9.17) is 0 Å². The van der Waals surface area contributed by atoms with Crippen LogP contribution >= 0.6 is 11.3 Å². The van der Waals surface area contributed by atoms with Crippen LogP contribution in [0.3, 0.4) is 0 Å². The first-order valence-corrected chi connectivity index (χ1v) is 10.9. The molecule has 4 aromatic rings. The summed E-state index contributed by atoms with van der Waals surface area (Å²) in [7, 11) is -4.98. The highest BCUT2D eigenvalue weighted by Crippen LogP contribution is 2.41. The fraction of sp³-hybridized carbons (Fsp3) is 0.100. The Kier molecular flexibility index (Phi) is 4.93. The second kappa shape index (κ2) is 7.41. The van der Waals surface area contributed by atoms with Gasteiger partial charge in [0.2, 0.25) is 6.54 Å². The third kappa shape index (κ3) is 3.66. The van der Waals surface area contributed by atoms with Crippen LogP contribution in [0.15, 0.2) is 70.9 Å². The van der Waals surface area contributed by atoms with Crippen LogP contribution in [0.2, 0.25) is 0 Å². The minimum absolute atomic E-state index is 0.105. The SMILES string of the molecule is O=[N+]([O-])CC(c1cccs1)c1c(-c2ccccc2)[nH]c2c(S(=O)(=O)F)cccc12. The van der Waals surface area contributed by atoms with Gasteiger partial charge >= 0.3 is 10.2 Å². The van der Waals surface area contributed by atoms with Crippen molar-refractivity contribution in [1.29, 1.82) is 0 Å². The third-order valence-electron chi connectivity index (χ3n) is 4.73. The van der Waals surface area contributed by atoms with Crippen molar-refractivity contribution in [3.05, 3.63) is 86.6 Å². The van der Waals surface area contributed by atoms with Gasteiger partial charge in [-0.2, -0.15) is 8.42 Å². The van der Waals surface area contributed by atoms with Crippen molar-refractivity contribution in [3.8, 4) is 11.3 Å². The highest BCUT2D eigenvalue weighted by molar-refractivity contribution is 7.86. The van der Waals surface area contributed by atoms with Gasteiger partial charge < -0.3 is 4.98 Å². The lowest BCUT2D eigenvalue weighted by Crippen LogP contribution is -2.13. The molecule has 148 valence electrons. The van der Waals surface area contributed by atoms with Crippen LogP contribution in [0.5, 0.6) is 0 Å². The van der Waals surface area contributed by atoms with Crippen LogP contribution in [0.4, 0.5) is 3.89 Å². The molecule has 9 heteroatoms.